The van der Waals surface area contributed by atoms with Gasteiger partial charge < -0.3 is 14.0 Å². The fourth-order valence-electron chi connectivity index (χ4n) is 2.75. The van der Waals surface area contributed by atoms with E-state index < -0.39 is 0 Å². The smallest absolute Gasteiger partial charge is 0.466 e. The number of rotatable bonds is 4. The van der Waals surface area contributed by atoms with Crippen LogP contribution in [0.15, 0.2) is 11.5 Å². The van der Waals surface area contributed by atoms with Crippen molar-refractivity contribution in [1.82, 2.24) is 0 Å². The van der Waals surface area contributed by atoms with Gasteiger partial charge in [-0.3, -0.25) is 4.79 Å². The van der Waals surface area contributed by atoms with Crippen LogP contribution >= 0.6 is 0 Å². The van der Waals surface area contributed by atoms with Crippen molar-refractivity contribution in [1.29, 1.82) is 0 Å². The van der Waals surface area contributed by atoms with Crippen LogP contribution in [0.25, 0.3) is 0 Å². The van der Waals surface area contributed by atoms with Crippen molar-refractivity contribution in [2.75, 3.05) is 6.61 Å². The minimum absolute atomic E-state index is 0.195. The first-order chi connectivity index (χ1) is 9.71. The van der Waals surface area contributed by atoms with Crippen molar-refractivity contribution in [3.63, 3.8) is 0 Å². The van der Waals surface area contributed by atoms with Gasteiger partial charge in [-0.2, -0.15) is 0 Å². The predicted molar refractivity (Wildman–Crippen MR) is 82.8 cm³/mol. The van der Waals surface area contributed by atoms with Crippen LogP contribution in [0.2, 0.25) is 0 Å². The first kappa shape index (κ1) is 16.6. The van der Waals surface area contributed by atoms with Gasteiger partial charge >= 0.3 is 13.1 Å². The van der Waals surface area contributed by atoms with Crippen molar-refractivity contribution in [3.05, 3.63) is 11.5 Å². The van der Waals surface area contributed by atoms with E-state index in [1.165, 1.54) is 12.4 Å². The van der Waals surface area contributed by atoms with Gasteiger partial charge in [-0.15, -0.1) is 0 Å². The van der Waals surface area contributed by atoms with E-state index in [1.807, 2.05) is 0 Å². The van der Waals surface area contributed by atoms with Crippen LogP contribution in [0.4, 0.5) is 0 Å². The summed E-state index contributed by atoms with van der Waals surface area (Å²) in [5.74, 6) is 0.398. The Hall–Kier alpha value is -0.805. The van der Waals surface area contributed by atoms with E-state index in [1.54, 1.807) is 0 Å². The molecule has 2 rings (SSSR count). The van der Waals surface area contributed by atoms with Gasteiger partial charge in [0.25, 0.3) is 0 Å². The lowest BCUT2D eigenvalue weighted by Gasteiger charge is -2.32. The summed E-state index contributed by atoms with van der Waals surface area (Å²) in [5, 5.41) is 0. The van der Waals surface area contributed by atoms with Crippen molar-refractivity contribution in [2.45, 2.75) is 71.5 Å². The van der Waals surface area contributed by atoms with Crippen LogP contribution in [0, 0.1) is 5.92 Å². The average Bonchev–Trinajstić information content (AvgIpc) is 2.59. The molecule has 4 nitrogen and oxygen atoms in total. The molecule has 0 bridgehead atoms. The van der Waals surface area contributed by atoms with Gasteiger partial charge in [-0.05, 0) is 64.8 Å². The van der Waals surface area contributed by atoms with Gasteiger partial charge in [0.15, 0.2) is 0 Å². The highest BCUT2D eigenvalue weighted by Gasteiger charge is 2.52. The monoisotopic (exact) mass is 294 g/mol. The summed E-state index contributed by atoms with van der Waals surface area (Å²) in [4.78, 5) is 10.8. The fraction of sp³-hybridized carbons (Fsp3) is 0.812. The SMILES string of the molecule is CC(=O)OCCC1CC=C(B2OC(C)(C)C(C)(C)O2)CC1. The number of carbonyl (C=O) groups is 1. The van der Waals surface area contributed by atoms with Crippen LogP contribution in [0.5, 0.6) is 0 Å². The third-order valence-corrected chi connectivity index (χ3v) is 4.94. The lowest BCUT2D eigenvalue weighted by atomic mass is 9.70. The molecule has 1 aliphatic heterocycles. The molecule has 0 aromatic carbocycles. The summed E-state index contributed by atoms with van der Waals surface area (Å²) < 4.78 is 17.2. The van der Waals surface area contributed by atoms with E-state index in [9.17, 15) is 4.79 Å². The van der Waals surface area contributed by atoms with E-state index >= 15 is 0 Å². The number of hydrogen-bond donors (Lipinski definition) is 0. The molecule has 1 saturated heterocycles. The Bertz CT molecular complexity index is 412. The summed E-state index contributed by atoms with van der Waals surface area (Å²) in [6.07, 6.45) is 6.32. The van der Waals surface area contributed by atoms with Gasteiger partial charge in [-0.1, -0.05) is 6.08 Å². The number of carbonyl (C=O) groups excluding carboxylic acids is 1. The molecule has 1 unspecified atom stereocenters. The Labute approximate surface area is 128 Å². The Morgan fingerprint density at radius 1 is 1.33 bits per heavy atom. The van der Waals surface area contributed by atoms with E-state index in [4.69, 9.17) is 14.0 Å². The summed E-state index contributed by atoms with van der Waals surface area (Å²) in [5.41, 5.74) is 0.715. The molecule has 1 fully saturated rings. The minimum Gasteiger partial charge on any atom is -0.466 e. The van der Waals surface area contributed by atoms with Crippen LogP contribution in [0.3, 0.4) is 0 Å². The van der Waals surface area contributed by atoms with Crippen LogP contribution < -0.4 is 0 Å². The Balaban J connectivity index is 1.85. The van der Waals surface area contributed by atoms with Gasteiger partial charge in [0, 0.05) is 6.92 Å². The van der Waals surface area contributed by atoms with Gasteiger partial charge in [-0.25, -0.2) is 0 Å². The molecular weight excluding hydrogens is 267 g/mol. The number of ether oxygens (including phenoxy) is 1. The predicted octanol–water partition coefficient (Wildman–Crippen LogP) is 3.30. The van der Waals surface area contributed by atoms with E-state index in [0.717, 1.165) is 25.7 Å². The van der Waals surface area contributed by atoms with Crippen molar-refractivity contribution in [3.8, 4) is 0 Å². The normalized spacial score (nSPS) is 27.4. The molecule has 0 amide bonds. The molecule has 0 aromatic heterocycles. The summed E-state index contributed by atoms with van der Waals surface area (Å²) in [6.45, 7) is 10.3. The fourth-order valence-corrected chi connectivity index (χ4v) is 2.75. The zero-order chi connectivity index (χ0) is 15.7. The zero-order valence-corrected chi connectivity index (χ0v) is 13.9. The van der Waals surface area contributed by atoms with Crippen LogP contribution in [-0.4, -0.2) is 30.9 Å². The van der Waals surface area contributed by atoms with Crippen molar-refractivity contribution >= 4 is 13.1 Å². The quantitative estimate of drug-likeness (QED) is 0.589. The molecule has 118 valence electrons. The first-order valence-electron chi connectivity index (χ1n) is 7.89. The van der Waals surface area contributed by atoms with Gasteiger partial charge in [0.2, 0.25) is 0 Å². The standard InChI is InChI=1S/C16H27BO4/c1-12(18)19-11-10-13-6-8-14(9-7-13)17-20-15(2,3)16(4,5)21-17/h8,13H,6-7,9-11H2,1-5H3. The topological polar surface area (TPSA) is 44.8 Å². The molecule has 1 atom stereocenters. The molecule has 0 N–H and O–H groups in total. The Morgan fingerprint density at radius 3 is 2.43 bits per heavy atom. The van der Waals surface area contributed by atoms with Gasteiger partial charge in [0.1, 0.15) is 0 Å². The highest BCUT2D eigenvalue weighted by Crippen LogP contribution is 2.40. The maximum atomic E-state index is 10.8. The molecule has 2 aliphatic rings. The summed E-state index contributed by atoms with van der Waals surface area (Å²) >= 11 is 0. The van der Waals surface area contributed by atoms with Crippen molar-refractivity contribution < 1.29 is 18.8 Å². The molecule has 21 heavy (non-hydrogen) atoms. The molecule has 5 heteroatoms. The number of hydrogen-bond acceptors (Lipinski definition) is 4. The van der Waals surface area contributed by atoms with E-state index in [0.29, 0.717) is 12.5 Å². The van der Waals surface area contributed by atoms with E-state index in [2.05, 4.69) is 33.8 Å². The minimum atomic E-state index is -0.273. The second-order valence-corrected chi connectivity index (χ2v) is 7.14. The average molecular weight is 294 g/mol. The van der Waals surface area contributed by atoms with E-state index in [-0.39, 0.29) is 24.3 Å². The third kappa shape index (κ3) is 3.89. The molecular formula is C16H27BO4. The maximum Gasteiger partial charge on any atom is 0.490 e. The number of allylic oxidation sites excluding steroid dienone is 2. The second kappa shape index (κ2) is 6.13. The van der Waals surface area contributed by atoms with Gasteiger partial charge in [0.05, 0.1) is 17.8 Å². The Morgan fingerprint density at radius 2 is 1.95 bits per heavy atom. The first-order valence-corrected chi connectivity index (χ1v) is 7.89. The Kier molecular flexibility index (Phi) is 4.84. The second-order valence-electron chi connectivity index (χ2n) is 7.14. The van der Waals surface area contributed by atoms with Crippen LogP contribution in [-0.2, 0) is 18.8 Å². The zero-order valence-electron chi connectivity index (χ0n) is 13.9. The lowest BCUT2D eigenvalue weighted by molar-refractivity contribution is -0.141. The third-order valence-electron chi connectivity index (χ3n) is 4.94. The highest BCUT2D eigenvalue weighted by molar-refractivity contribution is 6.54. The summed E-state index contributed by atoms with van der Waals surface area (Å²) in [6, 6.07) is 0. The number of esters is 1. The highest BCUT2D eigenvalue weighted by atomic mass is 16.7. The molecule has 0 radical (unpaired) electrons. The maximum absolute atomic E-state index is 10.8. The molecule has 0 spiro atoms. The largest absolute Gasteiger partial charge is 0.490 e. The van der Waals surface area contributed by atoms with Crippen molar-refractivity contribution in [2.24, 2.45) is 5.92 Å². The molecule has 1 aliphatic carbocycles. The molecule has 0 aromatic rings. The van der Waals surface area contributed by atoms with Crippen LogP contribution in [0.1, 0.15) is 60.3 Å². The lowest BCUT2D eigenvalue weighted by Crippen LogP contribution is -2.41. The molecule has 1 heterocycles. The molecule has 0 saturated carbocycles. The summed E-state index contributed by atoms with van der Waals surface area (Å²) in [7, 11) is -0.204.